The molecule has 3 rings (SSSR count). The summed E-state index contributed by atoms with van der Waals surface area (Å²) < 4.78 is 1.25. The van der Waals surface area contributed by atoms with E-state index in [0.29, 0.717) is 6.04 Å². The van der Waals surface area contributed by atoms with Crippen molar-refractivity contribution in [3.05, 3.63) is 29.3 Å². The molecule has 3 nitrogen and oxygen atoms in total. The summed E-state index contributed by atoms with van der Waals surface area (Å²) in [5.74, 6) is 0. The van der Waals surface area contributed by atoms with E-state index in [1.807, 2.05) is 6.07 Å². The summed E-state index contributed by atoms with van der Waals surface area (Å²) in [5, 5.41) is 11.2. The molecule has 2 aromatic rings. The van der Waals surface area contributed by atoms with Crippen LogP contribution in [0, 0.1) is 0 Å². The van der Waals surface area contributed by atoms with Gasteiger partial charge in [-0.1, -0.05) is 25.0 Å². The van der Waals surface area contributed by atoms with Crippen LogP contribution in [0.2, 0.25) is 0 Å². The van der Waals surface area contributed by atoms with E-state index in [9.17, 15) is 5.11 Å². The Balaban J connectivity index is 1.73. The number of rotatable bonds is 3. The summed E-state index contributed by atoms with van der Waals surface area (Å²) in [6, 6.07) is 8.55. The maximum absolute atomic E-state index is 10.1. The second-order valence-electron chi connectivity index (χ2n) is 5.41. The Morgan fingerprint density at radius 3 is 2.89 bits per heavy atom. The minimum Gasteiger partial charge on any atom is -0.391 e. The molecule has 0 saturated heterocycles. The van der Waals surface area contributed by atoms with Gasteiger partial charge in [-0.2, -0.15) is 0 Å². The van der Waals surface area contributed by atoms with E-state index in [1.165, 1.54) is 11.1 Å². The molecule has 1 aliphatic rings. The molecule has 1 fully saturated rings. The van der Waals surface area contributed by atoms with Gasteiger partial charge in [0, 0.05) is 6.04 Å². The lowest BCUT2D eigenvalue weighted by molar-refractivity contribution is 0.0288. The van der Waals surface area contributed by atoms with Gasteiger partial charge >= 0.3 is 0 Å². The van der Waals surface area contributed by atoms with Crippen LogP contribution in [0.3, 0.4) is 0 Å². The van der Waals surface area contributed by atoms with Crippen molar-refractivity contribution in [1.29, 1.82) is 0 Å². The van der Waals surface area contributed by atoms with E-state index in [0.717, 1.165) is 36.3 Å². The van der Waals surface area contributed by atoms with Crippen LogP contribution in [0.25, 0.3) is 10.2 Å². The first-order valence-corrected chi connectivity index (χ1v) is 7.78. The highest BCUT2D eigenvalue weighted by molar-refractivity contribution is 7.18. The molecule has 1 heterocycles. The van der Waals surface area contributed by atoms with Crippen LogP contribution in [-0.4, -0.2) is 34.2 Å². The zero-order chi connectivity index (χ0) is 13.2. The molecule has 0 bridgehead atoms. The quantitative estimate of drug-likeness (QED) is 0.936. The Labute approximate surface area is 117 Å². The third kappa shape index (κ3) is 2.81. The van der Waals surface area contributed by atoms with Crippen molar-refractivity contribution in [1.82, 2.24) is 9.88 Å². The number of hydrogen-bond acceptors (Lipinski definition) is 4. The summed E-state index contributed by atoms with van der Waals surface area (Å²) in [6.45, 7) is 0.834. The maximum Gasteiger partial charge on any atom is 0.108 e. The molecule has 1 saturated carbocycles. The molecule has 102 valence electrons. The third-order valence-corrected chi connectivity index (χ3v) is 5.00. The zero-order valence-corrected chi connectivity index (χ0v) is 12.1. The molecule has 1 aromatic carbocycles. The van der Waals surface area contributed by atoms with Gasteiger partial charge in [-0.05, 0) is 32.0 Å². The fourth-order valence-electron chi connectivity index (χ4n) is 2.92. The van der Waals surface area contributed by atoms with Crippen molar-refractivity contribution < 1.29 is 5.11 Å². The van der Waals surface area contributed by atoms with Gasteiger partial charge in [-0.15, -0.1) is 11.3 Å². The van der Waals surface area contributed by atoms with Crippen LogP contribution in [0.4, 0.5) is 0 Å². The van der Waals surface area contributed by atoms with Gasteiger partial charge in [0.2, 0.25) is 0 Å². The van der Waals surface area contributed by atoms with E-state index in [4.69, 9.17) is 0 Å². The predicted octanol–water partition coefficient (Wildman–Crippen LogP) is 3.03. The summed E-state index contributed by atoms with van der Waals surface area (Å²) in [4.78, 5) is 6.93. The SMILES string of the molecule is CN(Cc1nc2ccccc2s1)C1CCCCC1O. The first-order valence-electron chi connectivity index (χ1n) is 6.97. The number of hydrogen-bond donors (Lipinski definition) is 1. The molecule has 0 aliphatic heterocycles. The fourth-order valence-corrected chi connectivity index (χ4v) is 3.95. The molecule has 19 heavy (non-hydrogen) atoms. The van der Waals surface area contributed by atoms with Crippen LogP contribution in [-0.2, 0) is 6.54 Å². The second kappa shape index (κ2) is 5.57. The summed E-state index contributed by atoms with van der Waals surface area (Å²) >= 11 is 1.76. The van der Waals surface area contributed by atoms with E-state index in [1.54, 1.807) is 11.3 Å². The number of para-hydroxylation sites is 1. The van der Waals surface area contributed by atoms with Crippen molar-refractivity contribution in [3.8, 4) is 0 Å². The average Bonchev–Trinajstić information content (AvgIpc) is 2.81. The third-order valence-electron chi connectivity index (χ3n) is 3.98. The number of nitrogens with zero attached hydrogens (tertiary/aromatic N) is 2. The monoisotopic (exact) mass is 276 g/mol. The zero-order valence-electron chi connectivity index (χ0n) is 11.2. The standard InChI is InChI=1S/C15H20N2OS/c1-17(12-7-3-4-8-13(12)18)10-15-16-11-6-2-5-9-14(11)19-15/h2,5-6,9,12-13,18H,3-4,7-8,10H2,1H3. The molecule has 2 unspecified atom stereocenters. The van der Waals surface area contributed by atoms with Crippen molar-refractivity contribution in [3.63, 3.8) is 0 Å². The Kier molecular flexibility index (Phi) is 3.82. The van der Waals surface area contributed by atoms with Gasteiger partial charge in [0.05, 0.1) is 22.9 Å². The summed E-state index contributed by atoms with van der Waals surface area (Å²) in [6.07, 6.45) is 4.25. The van der Waals surface area contributed by atoms with Crippen molar-refractivity contribution in [2.45, 2.75) is 44.4 Å². The Morgan fingerprint density at radius 2 is 2.11 bits per heavy atom. The smallest absolute Gasteiger partial charge is 0.108 e. The molecule has 1 aromatic heterocycles. The van der Waals surface area contributed by atoms with Crippen molar-refractivity contribution in [2.24, 2.45) is 0 Å². The lowest BCUT2D eigenvalue weighted by Gasteiger charge is -2.34. The van der Waals surface area contributed by atoms with Gasteiger partial charge in [-0.3, -0.25) is 4.90 Å². The van der Waals surface area contributed by atoms with Crippen LogP contribution >= 0.6 is 11.3 Å². The molecular weight excluding hydrogens is 256 g/mol. The molecule has 1 N–H and O–H groups in total. The number of aliphatic hydroxyl groups is 1. The number of benzene rings is 1. The molecular formula is C15H20N2OS. The van der Waals surface area contributed by atoms with Gasteiger partial charge < -0.3 is 5.11 Å². The number of likely N-dealkylation sites (N-methyl/N-ethyl adjacent to an activating group) is 1. The van der Waals surface area contributed by atoms with E-state index < -0.39 is 0 Å². The Morgan fingerprint density at radius 1 is 1.32 bits per heavy atom. The normalized spacial score (nSPS) is 24.2. The first-order chi connectivity index (χ1) is 9.24. The van der Waals surface area contributed by atoms with Gasteiger partial charge in [0.1, 0.15) is 5.01 Å². The number of aliphatic hydroxyl groups excluding tert-OH is 1. The van der Waals surface area contributed by atoms with Crippen LogP contribution in [0.15, 0.2) is 24.3 Å². The minimum atomic E-state index is -0.173. The highest BCUT2D eigenvalue weighted by Crippen LogP contribution is 2.26. The van der Waals surface area contributed by atoms with Crippen LogP contribution in [0.1, 0.15) is 30.7 Å². The van der Waals surface area contributed by atoms with E-state index in [2.05, 4.69) is 35.1 Å². The molecule has 0 amide bonds. The summed E-state index contributed by atoms with van der Waals surface area (Å²) in [5.41, 5.74) is 1.08. The van der Waals surface area contributed by atoms with Crippen molar-refractivity contribution >= 4 is 21.6 Å². The van der Waals surface area contributed by atoms with Gasteiger partial charge in [0.15, 0.2) is 0 Å². The second-order valence-corrected chi connectivity index (χ2v) is 6.52. The molecule has 1 aliphatic carbocycles. The summed E-state index contributed by atoms with van der Waals surface area (Å²) in [7, 11) is 2.10. The largest absolute Gasteiger partial charge is 0.391 e. The molecule has 2 atom stereocenters. The highest BCUT2D eigenvalue weighted by atomic mass is 32.1. The lowest BCUT2D eigenvalue weighted by atomic mass is 9.92. The number of thiazole rings is 1. The Bertz CT molecular complexity index is 521. The average molecular weight is 276 g/mol. The number of aromatic nitrogens is 1. The maximum atomic E-state index is 10.1. The van der Waals surface area contributed by atoms with Crippen LogP contribution < -0.4 is 0 Å². The highest BCUT2D eigenvalue weighted by Gasteiger charge is 2.26. The topological polar surface area (TPSA) is 36.4 Å². The molecule has 0 radical (unpaired) electrons. The van der Waals surface area contributed by atoms with E-state index in [-0.39, 0.29) is 6.10 Å². The van der Waals surface area contributed by atoms with Gasteiger partial charge in [-0.25, -0.2) is 4.98 Å². The Hall–Kier alpha value is -0.970. The van der Waals surface area contributed by atoms with Crippen molar-refractivity contribution in [2.75, 3.05) is 7.05 Å². The molecule has 4 heteroatoms. The van der Waals surface area contributed by atoms with E-state index >= 15 is 0 Å². The minimum absolute atomic E-state index is 0.173. The molecule has 0 spiro atoms. The lowest BCUT2D eigenvalue weighted by Crippen LogP contribution is -2.42. The first kappa shape index (κ1) is 13.0. The van der Waals surface area contributed by atoms with Crippen LogP contribution in [0.5, 0.6) is 0 Å². The fraction of sp³-hybridized carbons (Fsp3) is 0.533. The number of fused-ring (bicyclic) bond motifs is 1. The van der Waals surface area contributed by atoms with Gasteiger partial charge in [0.25, 0.3) is 0 Å². The predicted molar refractivity (Wildman–Crippen MR) is 79.3 cm³/mol.